The summed E-state index contributed by atoms with van der Waals surface area (Å²) in [7, 11) is 0. The topological polar surface area (TPSA) is 41.3 Å². The van der Waals surface area contributed by atoms with E-state index in [1.807, 2.05) is 12.1 Å². The van der Waals surface area contributed by atoms with Crippen LogP contribution in [0.2, 0.25) is 0 Å². The second-order valence-electron chi connectivity index (χ2n) is 3.71. The van der Waals surface area contributed by atoms with Gasteiger partial charge < -0.3 is 10.7 Å². The molecule has 1 heterocycles. The SMILES string of the molecule is Nc1ccc(N2CCCCCN2)cc1. The lowest BCUT2D eigenvalue weighted by atomic mass is 10.2. The summed E-state index contributed by atoms with van der Waals surface area (Å²) < 4.78 is 0. The lowest BCUT2D eigenvalue weighted by Crippen LogP contribution is -2.37. The molecule has 1 aromatic rings. The van der Waals surface area contributed by atoms with Gasteiger partial charge in [0.05, 0.1) is 5.69 Å². The molecule has 0 spiro atoms. The van der Waals surface area contributed by atoms with E-state index in [-0.39, 0.29) is 0 Å². The summed E-state index contributed by atoms with van der Waals surface area (Å²) in [5.41, 5.74) is 11.1. The number of benzene rings is 1. The van der Waals surface area contributed by atoms with Gasteiger partial charge in [-0.1, -0.05) is 6.42 Å². The first-order valence-electron chi connectivity index (χ1n) is 5.23. The van der Waals surface area contributed by atoms with Crippen LogP contribution in [0.15, 0.2) is 24.3 Å². The van der Waals surface area contributed by atoms with Crippen molar-refractivity contribution < 1.29 is 0 Å². The molecule has 0 radical (unpaired) electrons. The fourth-order valence-electron chi connectivity index (χ4n) is 1.74. The molecule has 1 saturated heterocycles. The van der Waals surface area contributed by atoms with Gasteiger partial charge in [-0.2, -0.15) is 0 Å². The van der Waals surface area contributed by atoms with Crippen LogP contribution in [0.3, 0.4) is 0 Å². The standard InChI is InChI=1S/C11H17N3/c12-10-4-6-11(7-5-10)14-9-3-1-2-8-13-14/h4-7,13H,1-3,8-9,12H2. The second-order valence-corrected chi connectivity index (χ2v) is 3.71. The Bertz CT molecular complexity index is 273. The molecule has 2 rings (SSSR count). The second kappa shape index (κ2) is 4.33. The molecular formula is C11H17N3. The zero-order valence-electron chi connectivity index (χ0n) is 8.37. The van der Waals surface area contributed by atoms with Crippen molar-refractivity contribution in [3.05, 3.63) is 24.3 Å². The zero-order valence-corrected chi connectivity index (χ0v) is 8.37. The minimum absolute atomic E-state index is 0.823. The lowest BCUT2D eigenvalue weighted by Gasteiger charge is -2.23. The molecule has 0 bridgehead atoms. The molecule has 0 aliphatic carbocycles. The highest BCUT2D eigenvalue weighted by Gasteiger charge is 2.08. The van der Waals surface area contributed by atoms with Gasteiger partial charge >= 0.3 is 0 Å². The zero-order chi connectivity index (χ0) is 9.80. The summed E-state index contributed by atoms with van der Waals surface area (Å²) in [5, 5.41) is 2.21. The van der Waals surface area contributed by atoms with Gasteiger partial charge in [0, 0.05) is 18.8 Å². The lowest BCUT2D eigenvalue weighted by molar-refractivity contribution is 0.661. The highest BCUT2D eigenvalue weighted by molar-refractivity contribution is 5.52. The Hall–Kier alpha value is -1.22. The number of rotatable bonds is 1. The Morgan fingerprint density at radius 1 is 1.07 bits per heavy atom. The number of hydrazine groups is 1. The van der Waals surface area contributed by atoms with Crippen LogP contribution in [0.1, 0.15) is 19.3 Å². The van der Waals surface area contributed by atoms with Gasteiger partial charge in [-0.25, -0.2) is 5.43 Å². The molecule has 3 heteroatoms. The van der Waals surface area contributed by atoms with Crippen molar-refractivity contribution in [1.82, 2.24) is 5.43 Å². The van der Waals surface area contributed by atoms with Gasteiger partial charge in [0.2, 0.25) is 0 Å². The minimum atomic E-state index is 0.823. The molecule has 1 aromatic carbocycles. The van der Waals surface area contributed by atoms with Crippen LogP contribution in [-0.4, -0.2) is 13.1 Å². The number of hydrogen-bond donors (Lipinski definition) is 2. The summed E-state index contributed by atoms with van der Waals surface area (Å²) in [6.07, 6.45) is 3.85. The van der Waals surface area contributed by atoms with Crippen LogP contribution >= 0.6 is 0 Å². The first-order valence-corrected chi connectivity index (χ1v) is 5.23. The van der Waals surface area contributed by atoms with Crippen molar-refractivity contribution >= 4 is 11.4 Å². The third kappa shape index (κ3) is 2.17. The van der Waals surface area contributed by atoms with E-state index >= 15 is 0 Å². The van der Waals surface area contributed by atoms with E-state index in [4.69, 9.17) is 5.73 Å². The number of nitrogen functional groups attached to an aromatic ring is 1. The smallest absolute Gasteiger partial charge is 0.0521 e. The third-order valence-electron chi connectivity index (χ3n) is 2.57. The third-order valence-corrected chi connectivity index (χ3v) is 2.57. The van der Waals surface area contributed by atoms with Crippen LogP contribution in [-0.2, 0) is 0 Å². The largest absolute Gasteiger partial charge is 0.399 e. The molecule has 14 heavy (non-hydrogen) atoms. The molecule has 0 atom stereocenters. The normalized spacial score (nSPS) is 17.9. The van der Waals surface area contributed by atoms with Crippen molar-refractivity contribution in [2.75, 3.05) is 23.8 Å². The first-order chi connectivity index (χ1) is 6.86. The molecule has 76 valence electrons. The molecule has 1 fully saturated rings. The summed E-state index contributed by atoms with van der Waals surface area (Å²) in [5.74, 6) is 0. The van der Waals surface area contributed by atoms with Crippen LogP contribution in [0.25, 0.3) is 0 Å². The molecule has 0 saturated carbocycles. The van der Waals surface area contributed by atoms with E-state index in [1.54, 1.807) is 0 Å². The van der Waals surface area contributed by atoms with E-state index in [9.17, 15) is 0 Å². The van der Waals surface area contributed by atoms with Crippen molar-refractivity contribution in [3.8, 4) is 0 Å². The van der Waals surface area contributed by atoms with Crippen LogP contribution in [0.5, 0.6) is 0 Å². The van der Waals surface area contributed by atoms with Crippen LogP contribution in [0, 0.1) is 0 Å². The Morgan fingerprint density at radius 3 is 2.64 bits per heavy atom. The van der Waals surface area contributed by atoms with Crippen LogP contribution in [0.4, 0.5) is 11.4 Å². The molecule has 3 N–H and O–H groups in total. The highest BCUT2D eigenvalue weighted by atomic mass is 15.5. The first kappa shape index (κ1) is 9.34. The number of nitrogens with two attached hydrogens (primary N) is 1. The quantitative estimate of drug-likeness (QED) is 0.665. The number of nitrogens with zero attached hydrogens (tertiary/aromatic N) is 1. The van der Waals surface area contributed by atoms with Crippen molar-refractivity contribution in [2.24, 2.45) is 0 Å². The van der Waals surface area contributed by atoms with Crippen molar-refractivity contribution in [3.63, 3.8) is 0 Å². The predicted octanol–water partition coefficient (Wildman–Crippen LogP) is 1.76. The molecule has 3 nitrogen and oxygen atoms in total. The average molecular weight is 191 g/mol. The van der Waals surface area contributed by atoms with Crippen molar-refractivity contribution in [2.45, 2.75) is 19.3 Å². The fraction of sp³-hybridized carbons (Fsp3) is 0.455. The maximum atomic E-state index is 5.65. The van der Waals surface area contributed by atoms with Gasteiger partial charge in [-0.05, 0) is 37.1 Å². The summed E-state index contributed by atoms with van der Waals surface area (Å²) in [4.78, 5) is 0. The van der Waals surface area contributed by atoms with Crippen molar-refractivity contribution in [1.29, 1.82) is 0 Å². The maximum Gasteiger partial charge on any atom is 0.0521 e. The Balaban J connectivity index is 2.08. The number of hydrogen-bond acceptors (Lipinski definition) is 3. The van der Waals surface area contributed by atoms with Gasteiger partial charge in [-0.15, -0.1) is 0 Å². The minimum Gasteiger partial charge on any atom is -0.399 e. The van der Waals surface area contributed by atoms with Gasteiger partial charge in [0.25, 0.3) is 0 Å². The molecule has 0 aromatic heterocycles. The molecule has 1 aliphatic heterocycles. The number of anilines is 2. The molecule has 0 unspecified atom stereocenters. The molecule has 0 amide bonds. The van der Waals surface area contributed by atoms with Crippen LogP contribution < -0.4 is 16.2 Å². The fourth-order valence-corrected chi connectivity index (χ4v) is 1.74. The average Bonchev–Trinajstić information content (AvgIpc) is 2.47. The summed E-state index contributed by atoms with van der Waals surface area (Å²) >= 11 is 0. The van der Waals surface area contributed by atoms with Gasteiger partial charge in [0.1, 0.15) is 0 Å². The van der Waals surface area contributed by atoms with E-state index in [2.05, 4.69) is 22.6 Å². The predicted molar refractivity (Wildman–Crippen MR) is 60.1 cm³/mol. The Morgan fingerprint density at radius 2 is 1.86 bits per heavy atom. The molecular weight excluding hydrogens is 174 g/mol. The Kier molecular flexibility index (Phi) is 2.89. The van der Waals surface area contributed by atoms with E-state index in [0.717, 1.165) is 18.8 Å². The highest BCUT2D eigenvalue weighted by Crippen LogP contribution is 2.16. The van der Waals surface area contributed by atoms with E-state index in [1.165, 1.54) is 24.9 Å². The Labute approximate surface area is 84.9 Å². The van der Waals surface area contributed by atoms with Gasteiger partial charge in [0.15, 0.2) is 0 Å². The maximum absolute atomic E-state index is 5.65. The number of nitrogens with one attached hydrogen (secondary N) is 1. The van der Waals surface area contributed by atoms with E-state index in [0.29, 0.717) is 0 Å². The molecule has 1 aliphatic rings. The summed E-state index contributed by atoms with van der Waals surface area (Å²) in [6.45, 7) is 2.16. The summed E-state index contributed by atoms with van der Waals surface area (Å²) in [6, 6.07) is 8.02. The van der Waals surface area contributed by atoms with E-state index < -0.39 is 0 Å². The van der Waals surface area contributed by atoms with Gasteiger partial charge in [-0.3, -0.25) is 0 Å². The monoisotopic (exact) mass is 191 g/mol.